The minimum absolute atomic E-state index is 0.0528. The standard InChI is InChI=1S/C8H11BrN2O/c1-5-2-6(7(10)4-12)3-11-8(5)9/h2-3,7,12H,4,10H2,1H3/t7-/m0/s1. The number of halogens is 1. The van der Waals surface area contributed by atoms with Gasteiger partial charge in [0.05, 0.1) is 12.6 Å². The SMILES string of the molecule is Cc1cc([C@@H](N)CO)cnc1Br. The number of nitrogens with two attached hydrogens (primary N) is 1. The Balaban J connectivity index is 2.96. The third kappa shape index (κ3) is 2.03. The molecule has 1 rings (SSSR count). The molecule has 1 aromatic heterocycles. The maximum Gasteiger partial charge on any atom is 0.108 e. The number of hydrogen-bond donors (Lipinski definition) is 2. The van der Waals surface area contributed by atoms with Gasteiger partial charge in [-0.15, -0.1) is 0 Å². The lowest BCUT2D eigenvalue weighted by atomic mass is 10.1. The van der Waals surface area contributed by atoms with Crippen LogP contribution in [0.1, 0.15) is 17.2 Å². The molecule has 0 radical (unpaired) electrons. The van der Waals surface area contributed by atoms with E-state index < -0.39 is 0 Å². The van der Waals surface area contributed by atoms with Crippen LogP contribution < -0.4 is 5.73 Å². The van der Waals surface area contributed by atoms with Crippen molar-refractivity contribution in [3.05, 3.63) is 28.0 Å². The molecule has 0 aromatic carbocycles. The average molecular weight is 231 g/mol. The highest BCUT2D eigenvalue weighted by atomic mass is 79.9. The van der Waals surface area contributed by atoms with Crippen LogP contribution in [0, 0.1) is 6.92 Å². The van der Waals surface area contributed by atoms with Crippen molar-refractivity contribution in [3.8, 4) is 0 Å². The van der Waals surface area contributed by atoms with Crippen LogP contribution in [0.4, 0.5) is 0 Å². The van der Waals surface area contributed by atoms with Crippen molar-refractivity contribution < 1.29 is 5.11 Å². The van der Waals surface area contributed by atoms with E-state index in [2.05, 4.69) is 20.9 Å². The van der Waals surface area contributed by atoms with Gasteiger partial charge in [-0.25, -0.2) is 4.98 Å². The summed E-state index contributed by atoms with van der Waals surface area (Å²) < 4.78 is 0.816. The molecule has 0 bridgehead atoms. The molecule has 0 aliphatic carbocycles. The van der Waals surface area contributed by atoms with Gasteiger partial charge in [0.1, 0.15) is 4.60 Å². The summed E-state index contributed by atoms with van der Waals surface area (Å²) in [4.78, 5) is 4.07. The molecule has 3 N–H and O–H groups in total. The summed E-state index contributed by atoms with van der Waals surface area (Å²) in [7, 11) is 0. The second-order valence-electron chi connectivity index (χ2n) is 2.67. The second-order valence-corrected chi connectivity index (χ2v) is 3.42. The molecule has 3 nitrogen and oxygen atoms in total. The number of rotatable bonds is 2. The van der Waals surface area contributed by atoms with Crippen LogP contribution >= 0.6 is 15.9 Å². The number of nitrogens with zero attached hydrogens (tertiary/aromatic N) is 1. The Bertz CT molecular complexity index is 278. The normalized spacial score (nSPS) is 13.0. The highest BCUT2D eigenvalue weighted by Crippen LogP contribution is 2.16. The van der Waals surface area contributed by atoms with Gasteiger partial charge in [0.15, 0.2) is 0 Å². The fourth-order valence-corrected chi connectivity index (χ4v) is 1.10. The minimum atomic E-state index is -0.329. The lowest BCUT2D eigenvalue weighted by molar-refractivity contribution is 0.267. The predicted molar refractivity (Wildman–Crippen MR) is 50.7 cm³/mol. The number of aliphatic hydroxyl groups excluding tert-OH is 1. The van der Waals surface area contributed by atoms with Crippen LogP contribution in [0.5, 0.6) is 0 Å². The smallest absolute Gasteiger partial charge is 0.108 e. The van der Waals surface area contributed by atoms with Crippen LogP contribution in [0.25, 0.3) is 0 Å². The molecule has 0 spiro atoms. The van der Waals surface area contributed by atoms with E-state index in [1.807, 2.05) is 13.0 Å². The Kier molecular flexibility index (Phi) is 3.20. The number of pyridine rings is 1. The van der Waals surface area contributed by atoms with E-state index in [-0.39, 0.29) is 12.6 Å². The Morgan fingerprint density at radius 2 is 2.42 bits per heavy atom. The molecule has 4 heteroatoms. The molecule has 0 saturated heterocycles. The van der Waals surface area contributed by atoms with E-state index in [0.717, 1.165) is 15.7 Å². The van der Waals surface area contributed by atoms with Gasteiger partial charge in [0.2, 0.25) is 0 Å². The van der Waals surface area contributed by atoms with E-state index in [1.54, 1.807) is 6.20 Å². The van der Waals surface area contributed by atoms with E-state index in [1.165, 1.54) is 0 Å². The van der Waals surface area contributed by atoms with Gasteiger partial charge < -0.3 is 10.8 Å². The van der Waals surface area contributed by atoms with Crippen molar-refractivity contribution in [1.82, 2.24) is 4.98 Å². The van der Waals surface area contributed by atoms with Crippen LogP contribution in [0.2, 0.25) is 0 Å². The van der Waals surface area contributed by atoms with Gasteiger partial charge in [-0.3, -0.25) is 0 Å². The number of aromatic nitrogens is 1. The predicted octanol–water partition coefficient (Wildman–Crippen LogP) is 1.14. The monoisotopic (exact) mass is 230 g/mol. The third-order valence-corrected chi connectivity index (χ3v) is 2.49. The minimum Gasteiger partial charge on any atom is -0.394 e. The molecule has 1 atom stereocenters. The molecule has 0 saturated carbocycles. The first-order chi connectivity index (χ1) is 5.65. The van der Waals surface area contributed by atoms with Crippen molar-refractivity contribution >= 4 is 15.9 Å². The van der Waals surface area contributed by atoms with Crippen LogP contribution in [0.15, 0.2) is 16.9 Å². The molecule has 0 amide bonds. The molecule has 0 fully saturated rings. The molecule has 66 valence electrons. The Hall–Kier alpha value is -0.450. The summed E-state index contributed by atoms with van der Waals surface area (Å²) >= 11 is 3.29. The molecule has 1 heterocycles. The zero-order valence-electron chi connectivity index (χ0n) is 6.79. The first-order valence-electron chi connectivity index (χ1n) is 3.63. The first kappa shape index (κ1) is 9.64. The van der Waals surface area contributed by atoms with Gasteiger partial charge in [-0.2, -0.15) is 0 Å². The maximum atomic E-state index is 8.78. The van der Waals surface area contributed by atoms with E-state index >= 15 is 0 Å². The van der Waals surface area contributed by atoms with Gasteiger partial charge in [-0.05, 0) is 34.0 Å². The first-order valence-corrected chi connectivity index (χ1v) is 4.43. The lowest BCUT2D eigenvalue weighted by Gasteiger charge is -2.08. The van der Waals surface area contributed by atoms with E-state index in [4.69, 9.17) is 10.8 Å². The molecular weight excluding hydrogens is 220 g/mol. The van der Waals surface area contributed by atoms with Crippen molar-refractivity contribution in [3.63, 3.8) is 0 Å². The van der Waals surface area contributed by atoms with Crippen molar-refractivity contribution in [2.24, 2.45) is 5.73 Å². The molecule has 1 aromatic rings. The molecule has 12 heavy (non-hydrogen) atoms. The summed E-state index contributed by atoms with van der Waals surface area (Å²) in [5, 5.41) is 8.78. The summed E-state index contributed by atoms with van der Waals surface area (Å²) in [5.74, 6) is 0. The average Bonchev–Trinajstić information content (AvgIpc) is 2.08. The Morgan fingerprint density at radius 1 is 1.75 bits per heavy atom. The van der Waals surface area contributed by atoms with Gasteiger partial charge >= 0.3 is 0 Å². The van der Waals surface area contributed by atoms with E-state index in [9.17, 15) is 0 Å². The fraction of sp³-hybridized carbons (Fsp3) is 0.375. The van der Waals surface area contributed by atoms with Crippen molar-refractivity contribution in [1.29, 1.82) is 0 Å². The quantitative estimate of drug-likeness (QED) is 0.750. The number of aryl methyl sites for hydroxylation is 1. The topological polar surface area (TPSA) is 59.1 Å². The highest BCUT2D eigenvalue weighted by molar-refractivity contribution is 9.10. The largest absolute Gasteiger partial charge is 0.394 e. The summed E-state index contributed by atoms with van der Waals surface area (Å²) in [5.41, 5.74) is 7.49. The molecule has 0 unspecified atom stereocenters. The number of hydrogen-bond acceptors (Lipinski definition) is 3. The number of aliphatic hydroxyl groups is 1. The fourth-order valence-electron chi connectivity index (χ4n) is 0.888. The zero-order valence-corrected chi connectivity index (χ0v) is 8.37. The van der Waals surface area contributed by atoms with Gasteiger partial charge in [0, 0.05) is 6.20 Å². The maximum absolute atomic E-state index is 8.78. The summed E-state index contributed by atoms with van der Waals surface area (Å²) in [6.45, 7) is 1.88. The molecule has 0 aliphatic rings. The van der Waals surface area contributed by atoms with Gasteiger partial charge in [-0.1, -0.05) is 6.07 Å². The highest BCUT2D eigenvalue weighted by Gasteiger charge is 2.05. The zero-order chi connectivity index (χ0) is 9.14. The summed E-state index contributed by atoms with van der Waals surface area (Å²) in [6.07, 6.45) is 1.66. The molecular formula is C8H11BrN2O. The third-order valence-electron chi connectivity index (χ3n) is 1.66. The molecule has 0 aliphatic heterocycles. The van der Waals surface area contributed by atoms with Crippen molar-refractivity contribution in [2.45, 2.75) is 13.0 Å². The Labute approximate surface area is 79.7 Å². The van der Waals surface area contributed by atoms with Crippen LogP contribution in [-0.2, 0) is 0 Å². The van der Waals surface area contributed by atoms with Gasteiger partial charge in [0.25, 0.3) is 0 Å². The van der Waals surface area contributed by atoms with Crippen LogP contribution in [-0.4, -0.2) is 16.7 Å². The van der Waals surface area contributed by atoms with Crippen LogP contribution in [0.3, 0.4) is 0 Å². The summed E-state index contributed by atoms with van der Waals surface area (Å²) in [6, 6.07) is 1.59. The van der Waals surface area contributed by atoms with Crippen molar-refractivity contribution in [2.75, 3.05) is 6.61 Å². The Morgan fingerprint density at radius 3 is 2.92 bits per heavy atom. The van der Waals surface area contributed by atoms with E-state index in [0.29, 0.717) is 0 Å². The lowest BCUT2D eigenvalue weighted by Crippen LogP contribution is -2.14. The second kappa shape index (κ2) is 3.98.